The van der Waals surface area contributed by atoms with Crippen LogP contribution in [0.5, 0.6) is 0 Å². The smallest absolute Gasteiger partial charge is 0.410 e. The molecule has 8 rings (SSSR count). The van der Waals surface area contributed by atoms with E-state index in [0.29, 0.717) is 49.4 Å². The molecule has 4 aromatic carbocycles. The van der Waals surface area contributed by atoms with E-state index in [-0.39, 0.29) is 35.2 Å². The monoisotopic (exact) mass is 966 g/mol. The normalized spacial score (nSPS) is 17.1. The molecule has 0 saturated carbocycles. The second kappa shape index (κ2) is 20.8. The minimum atomic E-state index is -0.503. The van der Waals surface area contributed by atoms with Gasteiger partial charge >= 0.3 is 12.2 Å². The van der Waals surface area contributed by atoms with Crippen molar-refractivity contribution >= 4 is 57.2 Å². The predicted molar refractivity (Wildman–Crippen MR) is 271 cm³/mol. The Kier molecular flexibility index (Phi) is 15.5. The summed E-state index contributed by atoms with van der Waals surface area (Å²) in [5.41, 5.74) is 5.05. The van der Waals surface area contributed by atoms with Gasteiger partial charge in [-0.1, -0.05) is 83.9 Å². The molecule has 14 heteroatoms. The Labute approximate surface area is 411 Å². The van der Waals surface area contributed by atoms with E-state index in [1.807, 2.05) is 126 Å². The number of carbonyl (C=O) groups excluding carboxylic acids is 2. The number of piperidine rings is 2. The van der Waals surface area contributed by atoms with Crippen LogP contribution in [0.2, 0.25) is 10.0 Å². The second-order valence-electron chi connectivity index (χ2n) is 20.6. The first-order valence-corrected chi connectivity index (χ1v) is 24.4. The van der Waals surface area contributed by atoms with Crippen molar-refractivity contribution in [2.75, 3.05) is 39.4 Å². The van der Waals surface area contributed by atoms with Gasteiger partial charge in [0.1, 0.15) is 11.2 Å². The predicted octanol–water partition coefficient (Wildman–Crippen LogP) is 12.5. The fourth-order valence-electron chi connectivity index (χ4n) is 9.44. The topological polar surface area (TPSA) is 113 Å². The Morgan fingerprint density at radius 2 is 1.07 bits per heavy atom. The molecule has 2 aliphatic rings. The van der Waals surface area contributed by atoms with Crippen molar-refractivity contribution in [2.24, 2.45) is 14.1 Å². The molecule has 4 heterocycles. The van der Waals surface area contributed by atoms with Crippen LogP contribution in [0.25, 0.3) is 21.8 Å². The number of nitrogens with zero attached hydrogens (tertiary/aromatic N) is 6. The molecular formula is C54H68Cl2N6O6. The van der Waals surface area contributed by atoms with Gasteiger partial charge < -0.3 is 28.7 Å². The summed E-state index contributed by atoms with van der Waals surface area (Å²) in [4.78, 5) is 28.9. The minimum absolute atomic E-state index is 0.166. The van der Waals surface area contributed by atoms with Crippen molar-refractivity contribution in [3.05, 3.63) is 130 Å². The summed E-state index contributed by atoms with van der Waals surface area (Å²) in [5, 5.41) is 12.4. The van der Waals surface area contributed by atoms with E-state index in [9.17, 15) is 9.59 Å². The van der Waals surface area contributed by atoms with Gasteiger partial charge in [-0.2, -0.15) is 10.2 Å². The first-order chi connectivity index (χ1) is 32.1. The fraction of sp³-hybridized carbons (Fsp3) is 0.481. The molecule has 2 aromatic heterocycles. The van der Waals surface area contributed by atoms with E-state index in [0.717, 1.165) is 58.6 Å². The average molecular weight is 968 g/mol. The summed E-state index contributed by atoms with van der Waals surface area (Å²) in [6, 6.07) is 28.7. The average Bonchev–Trinajstić information content (AvgIpc) is 3.87. The van der Waals surface area contributed by atoms with E-state index in [1.165, 1.54) is 11.1 Å². The Morgan fingerprint density at radius 1 is 0.647 bits per heavy atom. The number of aromatic nitrogens is 4. The maximum absolute atomic E-state index is 12.6. The lowest BCUT2D eigenvalue weighted by molar-refractivity contribution is -0.00958. The van der Waals surface area contributed by atoms with Crippen molar-refractivity contribution in [3.8, 4) is 0 Å². The van der Waals surface area contributed by atoms with E-state index in [4.69, 9.17) is 42.1 Å². The highest BCUT2D eigenvalue weighted by Crippen LogP contribution is 2.41. The van der Waals surface area contributed by atoms with E-state index >= 15 is 0 Å². The Hall–Kier alpha value is -5.14. The maximum Gasteiger partial charge on any atom is 0.410 e. The van der Waals surface area contributed by atoms with Crippen molar-refractivity contribution in [1.29, 1.82) is 0 Å². The molecule has 12 nitrogen and oxygen atoms in total. The van der Waals surface area contributed by atoms with Crippen LogP contribution >= 0.6 is 23.2 Å². The fourth-order valence-corrected chi connectivity index (χ4v) is 9.91. The molecule has 6 aromatic rings. The molecule has 68 heavy (non-hydrogen) atoms. The Morgan fingerprint density at radius 3 is 1.53 bits per heavy atom. The highest BCUT2D eigenvalue weighted by molar-refractivity contribution is 6.31. The van der Waals surface area contributed by atoms with Gasteiger partial charge in [0.05, 0.1) is 42.7 Å². The van der Waals surface area contributed by atoms with Gasteiger partial charge in [-0.3, -0.25) is 9.36 Å². The third kappa shape index (κ3) is 12.2. The molecule has 2 unspecified atom stereocenters. The quantitative estimate of drug-likeness (QED) is 0.133. The second-order valence-corrected chi connectivity index (χ2v) is 21.4. The van der Waals surface area contributed by atoms with Crippen molar-refractivity contribution in [2.45, 2.75) is 115 Å². The summed E-state index contributed by atoms with van der Waals surface area (Å²) in [6.45, 7) is 19.1. The van der Waals surface area contributed by atoms with Crippen LogP contribution in [0.15, 0.2) is 97.3 Å². The first-order valence-electron chi connectivity index (χ1n) is 23.7. The van der Waals surface area contributed by atoms with Crippen LogP contribution in [0.1, 0.15) is 116 Å². The minimum Gasteiger partial charge on any atom is -0.444 e. The highest BCUT2D eigenvalue weighted by Gasteiger charge is 2.41. The summed E-state index contributed by atoms with van der Waals surface area (Å²) >= 11 is 12.8. The molecule has 0 bridgehead atoms. The van der Waals surface area contributed by atoms with Crippen molar-refractivity contribution in [1.82, 2.24) is 29.4 Å². The van der Waals surface area contributed by atoms with Crippen molar-refractivity contribution < 1.29 is 28.5 Å². The third-order valence-corrected chi connectivity index (χ3v) is 13.6. The van der Waals surface area contributed by atoms with Crippen LogP contribution < -0.4 is 0 Å². The number of hydrogen-bond donors (Lipinski definition) is 0. The van der Waals surface area contributed by atoms with Gasteiger partial charge in [-0.05, 0) is 116 Å². The number of ether oxygens (including phenoxy) is 4. The molecule has 0 aliphatic carbocycles. The lowest BCUT2D eigenvalue weighted by atomic mass is 9.73. The number of amides is 2. The van der Waals surface area contributed by atoms with Gasteiger partial charge in [-0.25, -0.2) is 9.59 Å². The van der Waals surface area contributed by atoms with Crippen LogP contribution in [0.3, 0.4) is 0 Å². The van der Waals surface area contributed by atoms with Gasteiger partial charge in [0.25, 0.3) is 0 Å². The number of carbonyl (C=O) groups is 2. The number of rotatable bonds is 10. The summed E-state index contributed by atoms with van der Waals surface area (Å²) in [7, 11) is 3.84. The zero-order valence-electron chi connectivity index (χ0n) is 41.4. The number of benzene rings is 4. The molecule has 2 amide bonds. The number of aryl methyl sites for hydroxylation is 2. The van der Waals surface area contributed by atoms with Gasteiger partial charge in [0, 0.05) is 89.2 Å². The maximum atomic E-state index is 12.6. The Balaban J connectivity index is 0.000000201. The lowest BCUT2D eigenvalue weighted by Crippen LogP contribution is -2.48. The zero-order valence-corrected chi connectivity index (χ0v) is 42.9. The summed E-state index contributed by atoms with van der Waals surface area (Å²) < 4.78 is 27.9. The highest BCUT2D eigenvalue weighted by atomic mass is 35.5. The van der Waals surface area contributed by atoms with Gasteiger partial charge in [0.2, 0.25) is 0 Å². The van der Waals surface area contributed by atoms with Crippen LogP contribution in [-0.2, 0) is 43.9 Å². The van der Waals surface area contributed by atoms with E-state index in [2.05, 4.69) is 65.7 Å². The summed E-state index contributed by atoms with van der Waals surface area (Å²) in [5.74, 6) is 0. The molecule has 2 fully saturated rings. The molecule has 0 radical (unpaired) electrons. The number of halogens is 2. The Bertz CT molecular complexity index is 2650. The van der Waals surface area contributed by atoms with Gasteiger partial charge in [-0.15, -0.1) is 0 Å². The standard InChI is InChI=1S/2C27H34ClN3O3/c1-19(23-16-22(28)15-20-17-30(5)29-24(20)23)33-18-27(21-9-7-6-8-10-21)11-13-31(14-12-27)25(32)34-26(2,3)4;1-19(23-16-22(28)15-20-17-29-30(5)24(20)23)33-18-27(21-9-7-6-8-10-21)11-13-31(14-12-27)25(32)34-26(2,3)4/h2*6-10,15-17,19H,11-14,18H2,1-5H3. The molecule has 0 N–H and O–H groups in total. The molecule has 2 saturated heterocycles. The number of likely N-dealkylation sites (tertiary alicyclic amines) is 2. The van der Waals surface area contributed by atoms with E-state index < -0.39 is 11.2 Å². The van der Waals surface area contributed by atoms with Crippen LogP contribution in [-0.4, -0.2) is 92.1 Å². The van der Waals surface area contributed by atoms with Crippen molar-refractivity contribution in [3.63, 3.8) is 0 Å². The molecule has 2 atom stereocenters. The largest absolute Gasteiger partial charge is 0.444 e. The third-order valence-electron chi connectivity index (χ3n) is 13.2. The number of hydrogen-bond acceptors (Lipinski definition) is 8. The molecule has 2 aliphatic heterocycles. The van der Waals surface area contributed by atoms with Gasteiger partial charge in [0.15, 0.2) is 0 Å². The van der Waals surface area contributed by atoms with Crippen LogP contribution in [0.4, 0.5) is 9.59 Å². The lowest BCUT2D eigenvalue weighted by Gasteiger charge is -2.42. The summed E-state index contributed by atoms with van der Waals surface area (Å²) in [6.07, 6.45) is 6.17. The first kappa shape index (κ1) is 50.7. The SMILES string of the molecule is CC(OCC1(c2ccccc2)CCN(C(=O)OC(C)(C)C)CC1)c1cc(Cl)cc2cn(C)nc12.CC(OCC1(c2ccccc2)CCN(C(=O)OC(C)(C)C)CC1)c1cc(Cl)cc2cnn(C)c12. The molecule has 364 valence electrons. The van der Waals surface area contributed by atoms with E-state index in [1.54, 1.807) is 4.68 Å². The molecular weight excluding hydrogens is 900 g/mol. The molecule has 0 spiro atoms. The van der Waals surface area contributed by atoms with Crippen LogP contribution in [0, 0.1) is 0 Å². The number of fused-ring (bicyclic) bond motifs is 2. The zero-order chi connectivity index (χ0) is 49.0.